The van der Waals surface area contributed by atoms with E-state index in [1.54, 1.807) is 45.9 Å². The van der Waals surface area contributed by atoms with Gasteiger partial charge in [-0.05, 0) is 96.7 Å². The third-order valence-corrected chi connectivity index (χ3v) is 7.11. The fourth-order valence-corrected chi connectivity index (χ4v) is 5.22. The molecule has 0 aliphatic carbocycles. The van der Waals surface area contributed by atoms with Crippen molar-refractivity contribution >= 4 is 17.7 Å². The summed E-state index contributed by atoms with van der Waals surface area (Å²) in [4.78, 5) is 27.2. The maximum absolute atomic E-state index is 16.1. The van der Waals surface area contributed by atoms with E-state index in [1.165, 1.54) is 0 Å². The maximum atomic E-state index is 16.1. The van der Waals surface area contributed by atoms with Crippen molar-refractivity contribution in [2.45, 2.75) is 91.6 Å². The Morgan fingerprint density at radius 3 is 2.27 bits per heavy atom. The number of esters is 1. The number of alkyl carbamates (subject to hydrolysis) is 1. The molecule has 3 aromatic rings. The maximum Gasteiger partial charge on any atom is 0.408 e. The number of para-hydroxylation sites is 1. The summed E-state index contributed by atoms with van der Waals surface area (Å²) in [6.07, 6.45) is 1.70. The fourth-order valence-electron chi connectivity index (χ4n) is 5.22. The molecular weight excluding hydrogens is 559 g/mol. The second kappa shape index (κ2) is 13.7. The van der Waals surface area contributed by atoms with Gasteiger partial charge in [-0.1, -0.05) is 36.4 Å². The van der Waals surface area contributed by atoms with Crippen LogP contribution >= 0.6 is 0 Å². The van der Waals surface area contributed by atoms with Crippen molar-refractivity contribution in [3.8, 4) is 16.9 Å². The Hall–Kier alpha value is -4.07. The summed E-state index contributed by atoms with van der Waals surface area (Å²) in [7, 11) is 0. The topological polar surface area (TPSA) is 77.1 Å². The van der Waals surface area contributed by atoms with Crippen LogP contribution in [0.25, 0.3) is 11.1 Å². The number of hydrogen-bond acceptors (Lipinski definition) is 6. The molecule has 1 aliphatic rings. The lowest BCUT2D eigenvalue weighted by Crippen LogP contribution is -2.34. The van der Waals surface area contributed by atoms with E-state index in [9.17, 15) is 9.59 Å². The molecule has 7 nitrogen and oxygen atoms in total. The van der Waals surface area contributed by atoms with Gasteiger partial charge < -0.3 is 24.4 Å². The normalized spacial score (nSPS) is 14.2. The highest BCUT2D eigenvalue weighted by Crippen LogP contribution is 2.34. The number of anilines is 1. The lowest BCUT2D eigenvalue weighted by molar-refractivity contribution is -0.153. The van der Waals surface area contributed by atoms with E-state index in [0.29, 0.717) is 16.9 Å². The molecule has 0 spiro atoms. The van der Waals surface area contributed by atoms with Crippen LogP contribution in [0.1, 0.15) is 84.0 Å². The summed E-state index contributed by atoms with van der Waals surface area (Å²) in [5, 5.41) is 2.75. The van der Waals surface area contributed by atoms with Crippen molar-refractivity contribution in [2.75, 3.05) is 18.0 Å². The molecule has 1 atom stereocenters. The minimum absolute atomic E-state index is 0.0973. The molecule has 0 radical (unpaired) electrons. The van der Waals surface area contributed by atoms with Crippen LogP contribution < -0.4 is 15.0 Å². The zero-order valence-corrected chi connectivity index (χ0v) is 27.0. The Morgan fingerprint density at radius 1 is 0.909 bits per heavy atom. The number of carbonyl (C=O) groups is 2. The van der Waals surface area contributed by atoms with Gasteiger partial charge in [-0.3, -0.25) is 4.79 Å². The van der Waals surface area contributed by atoms with Crippen molar-refractivity contribution < 1.29 is 28.2 Å². The van der Waals surface area contributed by atoms with Gasteiger partial charge in [-0.2, -0.15) is 0 Å². The standard InChI is InChI=1S/C36H45FN2O5/c1-24(38-34(41)44-36(5,6)7)29-14-12-15-30(33(29)37)27-19-25(20-28(21-27)39-17-10-11-18-39)23-42-31-16-9-8-13-26(31)22-32(40)43-35(2,3)4/h8-9,12-16,19-21,24H,10-11,17-18,22-23H2,1-7H3,(H,38,41)/t24-/m1/s1. The number of ether oxygens (including phenoxy) is 3. The van der Waals surface area contributed by atoms with Gasteiger partial charge in [0, 0.05) is 35.5 Å². The van der Waals surface area contributed by atoms with Crippen LogP contribution in [0.2, 0.25) is 0 Å². The number of amides is 1. The van der Waals surface area contributed by atoms with E-state index in [0.717, 1.165) is 48.3 Å². The number of carbonyl (C=O) groups excluding carboxylic acids is 2. The lowest BCUT2D eigenvalue weighted by Gasteiger charge is -2.23. The summed E-state index contributed by atoms with van der Waals surface area (Å²) in [5.41, 5.74) is 2.92. The van der Waals surface area contributed by atoms with Crippen molar-refractivity contribution in [1.29, 1.82) is 0 Å². The molecule has 1 fully saturated rings. The first-order valence-electron chi connectivity index (χ1n) is 15.3. The Labute approximate surface area is 260 Å². The van der Waals surface area contributed by atoms with Crippen LogP contribution in [0.4, 0.5) is 14.9 Å². The summed E-state index contributed by atoms with van der Waals surface area (Å²) < 4.78 is 33.2. The quantitative estimate of drug-likeness (QED) is 0.249. The van der Waals surface area contributed by atoms with Gasteiger partial charge in [0.05, 0.1) is 12.5 Å². The molecule has 4 rings (SSSR count). The summed E-state index contributed by atoms with van der Waals surface area (Å²) in [5.74, 6) is -0.122. The van der Waals surface area contributed by atoms with E-state index >= 15 is 4.39 Å². The van der Waals surface area contributed by atoms with Crippen LogP contribution in [0.5, 0.6) is 5.75 Å². The average Bonchev–Trinajstić information content (AvgIpc) is 3.46. The molecule has 1 amide bonds. The summed E-state index contributed by atoms with van der Waals surface area (Å²) in [6.45, 7) is 14.7. The van der Waals surface area contributed by atoms with Crippen molar-refractivity contribution in [3.63, 3.8) is 0 Å². The zero-order chi connectivity index (χ0) is 32.1. The number of hydrogen-bond donors (Lipinski definition) is 1. The molecule has 0 bridgehead atoms. The SMILES string of the molecule is C[C@@H](NC(=O)OC(C)(C)C)c1cccc(-c2cc(COc3ccccc3CC(=O)OC(C)(C)C)cc(N3CCCC3)c2)c1F. The molecular formula is C36H45FN2O5. The van der Waals surface area contributed by atoms with E-state index in [4.69, 9.17) is 14.2 Å². The third kappa shape index (κ3) is 9.21. The minimum Gasteiger partial charge on any atom is -0.489 e. The van der Waals surface area contributed by atoms with E-state index in [1.807, 2.05) is 57.2 Å². The van der Waals surface area contributed by atoms with Crippen LogP contribution in [0.15, 0.2) is 60.7 Å². The Bertz CT molecular complexity index is 1470. The summed E-state index contributed by atoms with van der Waals surface area (Å²) >= 11 is 0. The second-order valence-corrected chi connectivity index (χ2v) is 13.3. The first-order valence-corrected chi connectivity index (χ1v) is 15.3. The predicted octanol–water partition coefficient (Wildman–Crippen LogP) is 8.14. The van der Waals surface area contributed by atoms with Gasteiger partial charge >= 0.3 is 12.1 Å². The number of halogens is 1. The van der Waals surface area contributed by atoms with Crippen LogP contribution in [-0.4, -0.2) is 36.4 Å². The molecule has 1 N–H and O–H groups in total. The van der Waals surface area contributed by atoms with Crippen molar-refractivity contribution in [2.24, 2.45) is 0 Å². The predicted molar refractivity (Wildman–Crippen MR) is 171 cm³/mol. The fraction of sp³-hybridized carbons (Fsp3) is 0.444. The van der Waals surface area contributed by atoms with Gasteiger partial charge in [0.2, 0.25) is 0 Å². The first-order chi connectivity index (χ1) is 20.7. The van der Waals surface area contributed by atoms with Crippen LogP contribution in [0.3, 0.4) is 0 Å². The number of benzene rings is 3. The van der Waals surface area contributed by atoms with Gasteiger partial charge in [-0.25, -0.2) is 9.18 Å². The molecule has 1 heterocycles. The van der Waals surface area contributed by atoms with Crippen LogP contribution in [0, 0.1) is 5.82 Å². The molecule has 0 saturated carbocycles. The highest BCUT2D eigenvalue weighted by Gasteiger charge is 2.23. The Kier molecular flexibility index (Phi) is 10.2. The summed E-state index contributed by atoms with van der Waals surface area (Å²) in [6, 6.07) is 18.1. The van der Waals surface area contributed by atoms with Gasteiger partial charge in [0.15, 0.2) is 0 Å². The van der Waals surface area contributed by atoms with Crippen molar-refractivity contribution in [3.05, 3.63) is 83.2 Å². The molecule has 44 heavy (non-hydrogen) atoms. The molecule has 3 aromatic carbocycles. The molecule has 0 unspecified atom stereocenters. The number of nitrogens with one attached hydrogen (secondary N) is 1. The molecule has 8 heteroatoms. The largest absolute Gasteiger partial charge is 0.489 e. The number of rotatable bonds is 9. The Balaban J connectivity index is 1.61. The van der Waals surface area contributed by atoms with E-state index in [2.05, 4.69) is 16.3 Å². The first kappa shape index (κ1) is 32.8. The highest BCUT2D eigenvalue weighted by atomic mass is 19.1. The Morgan fingerprint density at radius 2 is 1.59 bits per heavy atom. The van der Waals surface area contributed by atoms with Gasteiger partial charge in [-0.15, -0.1) is 0 Å². The smallest absolute Gasteiger partial charge is 0.408 e. The highest BCUT2D eigenvalue weighted by molar-refractivity contribution is 5.74. The van der Waals surface area contributed by atoms with E-state index in [-0.39, 0.29) is 19.0 Å². The van der Waals surface area contributed by atoms with Crippen molar-refractivity contribution in [1.82, 2.24) is 5.32 Å². The second-order valence-electron chi connectivity index (χ2n) is 13.3. The molecule has 1 saturated heterocycles. The lowest BCUT2D eigenvalue weighted by atomic mass is 9.97. The monoisotopic (exact) mass is 604 g/mol. The third-order valence-electron chi connectivity index (χ3n) is 7.11. The zero-order valence-electron chi connectivity index (χ0n) is 27.0. The van der Waals surface area contributed by atoms with E-state index < -0.39 is 29.2 Å². The van der Waals surface area contributed by atoms with Gasteiger partial charge in [0.1, 0.15) is 29.4 Å². The molecule has 0 aromatic heterocycles. The molecule has 1 aliphatic heterocycles. The number of nitrogens with zero attached hydrogens (tertiary/aromatic N) is 1. The minimum atomic E-state index is -0.658. The average molecular weight is 605 g/mol. The van der Waals surface area contributed by atoms with Gasteiger partial charge in [0.25, 0.3) is 0 Å². The molecule has 236 valence electrons. The van der Waals surface area contributed by atoms with Crippen LogP contribution in [-0.2, 0) is 27.3 Å².